The highest BCUT2D eigenvalue weighted by atomic mass is 32.2. The number of rotatable bonds is 5. The Morgan fingerprint density at radius 3 is 2.56 bits per heavy atom. The lowest BCUT2D eigenvalue weighted by Crippen LogP contribution is -2.08. The van der Waals surface area contributed by atoms with Gasteiger partial charge >= 0.3 is 0 Å². The summed E-state index contributed by atoms with van der Waals surface area (Å²) in [6, 6.07) is 6.15. The van der Waals surface area contributed by atoms with E-state index >= 15 is 0 Å². The van der Waals surface area contributed by atoms with Crippen LogP contribution in [0.3, 0.4) is 0 Å². The summed E-state index contributed by atoms with van der Waals surface area (Å²) in [4.78, 5) is 1.21. The highest BCUT2D eigenvalue weighted by molar-refractivity contribution is 7.98. The van der Waals surface area contributed by atoms with Gasteiger partial charge in [-0.15, -0.1) is 11.8 Å². The van der Waals surface area contributed by atoms with E-state index in [0.717, 1.165) is 11.5 Å². The predicted molar refractivity (Wildman–Crippen MR) is 67.6 cm³/mol. The van der Waals surface area contributed by atoms with Gasteiger partial charge in [0.1, 0.15) is 0 Å². The summed E-state index contributed by atoms with van der Waals surface area (Å²) in [6.45, 7) is 4.07. The van der Waals surface area contributed by atoms with Crippen molar-refractivity contribution in [2.24, 2.45) is 0 Å². The van der Waals surface area contributed by atoms with E-state index in [1.807, 2.05) is 19.9 Å². The van der Waals surface area contributed by atoms with Crippen molar-refractivity contribution >= 4 is 11.8 Å². The summed E-state index contributed by atoms with van der Waals surface area (Å²) in [6.07, 6.45) is 5.00. The SMILES string of the molecule is CSc1ccc(OC2CC2)c(OC(C)C)c1. The first-order valence-electron chi connectivity index (χ1n) is 5.70. The third kappa shape index (κ3) is 3.08. The average Bonchev–Trinajstić information content (AvgIpc) is 3.03. The molecule has 1 saturated carbocycles. The van der Waals surface area contributed by atoms with Gasteiger partial charge in [0, 0.05) is 4.90 Å². The van der Waals surface area contributed by atoms with E-state index in [2.05, 4.69) is 18.4 Å². The molecule has 0 saturated heterocycles. The zero-order valence-corrected chi connectivity index (χ0v) is 10.8. The second-order valence-corrected chi connectivity index (χ2v) is 5.18. The molecule has 2 rings (SSSR count). The van der Waals surface area contributed by atoms with Crippen LogP contribution in [0.15, 0.2) is 23.1 Å². The van der Waals surface area contributed by atoms with E-state index in [1.165, 1.54) is 17.7 Å². The molecule has 1 aromatic rings. The Morgan fingerprint density at radius 1 is 1.25 bits per heavy atom. The summed E-state index contributed by atoms with van der Waals surface area (Å²) in [7, 11) is 0. The zero-order chi connectivity index (χ0) is 11.5. The third-order valence-corrected chi connectivity index (χ3v) is 3.06. The van der Waals surface area contributed by atoms with E-state index in [1.54, 1.807) is 11.8 Å². The van der Waals surface area contributed by atoms with Gasteiger partial charge < -0.3 is 9.47 Å². The van der Waals surface area contributed by atoms with Crippen molar-refractivity contribution in [3.8, 4) is 11.5 Å². The van der Waals surface area contributed by atoms with Crippen molar-refractivity contribution in [2.45, 2.75) is 43.8 Å². The molecular weight excluding hydrogens is 220 g/mol. The Labute approximate surface area is 101 Å². The van der Waals surface area contributed by atoms with Crippen LogP contribution in [-0.4, -0.2) is 18.5 Å². The minimum absolute atomic E-state index is 0.179. The van der Waals surface area contributed by atoms with Crippen molar-refractivity contribution < 1.29 is 9.47 Å². The standard InChI is InChI=1S/C13H18O2S/c1-9(2)14-13-8-11(16-3)6-7-12(13)15-10-4-5-10/h6-10H,4-5H2,1-3H3. The number of hydrogen-bond acceptors (Lipinski definition) is 3. The van der Waals surface area contributed by atoms with Crippen LogP contribution >= 0.6 is 11.8 Å². The van der Waals surface area contributed by atoms with Gasteiger partial charge in [0.25, 0.3) is 0 Å². The lowest BCUT2D eigenvalue weighted by atomic mass is 10.3. The number of benzene rings is 1. The summed E-state index contributed by atoms with van der Waals surface area (Å²) >= 11 is 1.72. The third-order valence-electron chi connectivity index (χ3n) is 2.33. The van der Waals surface area contributed by atoms with Crippen molar-refractivity contribution in [1.29, 1.82) is 0 Å². The van der Waals surface area contributed by atoms with Crippen molar-refractivity contribution in [2.75, 3.05) is 6.26 Å². The monoisotopic (exact) mass is 238 g/mol. The molecule has 88 valence electrons. The van der Waals surface area contributed by atoms with E-state index < -0.39 is 0 Å². The van der Waals surface area contributed by atoms with Crippen molar-refractivity contribution in [3.63, 3.8) is 0 Å². The van der Waals surface area contributed by atoms with Crippen molar-refractivity contribution in [3.05, 3.63) is 18.2 Å². The molecule has 0 atom stereocenters. The quantitative estimate of drug-likeness (QED) is 0.728. The molecule has 0 N–H and O–H groups in total. The molecule has 2 nitrogen and oxygen atoms in total. The predicted octanol–water partition coefficient (Wildman–Crippen LogP) is 3.74. The lowest BCUT2D eigenvalue weighted by molar-refractivity contribution is 0.217. The Bertz CT molecular complexity index is 359. The van der Waals surface area contributed by atoms with Crippen LogP contribution in [0.1, 0.15) is 26.7 Å². The maximum atomic E-state index is 5.82. The smallest absolute Gasteiger partial charge is 0.162 e. The first kappa shape index (κ1) is 11.6. The van der Waals surface area contributed by atoms with Gasteiger partial charge in [-0.25, -0.2) is 0 Å². The van der Waals surface area contributed by atoms with Crippen molar-refractivity contribution in [1.82, 2.24) is 0 Å². The van der Waals surface area contributed by atoms with Crippen LogP contribution in [0.2, 0.25) is 0 Å². The van der Waals surface area contributed by atoms with Crippen LogP contribution < -0.4 is 9.47 Å². The first-order valence-corrected chi connectivity index (χ1v) is 6.93. The number of hydrogen-bond donors (Lipinski definition) is 0. The normalized spacial score (nSPS) is 15.2. The average molecular weight is 238 g/mol. The van der Waals surface area contributed by atoms with Crippen LogP contribution in [0.5, 0.6) is 11.5 Å². The molecule has 1 aliphatic rings. The molecule has 0 bridgehead atoms. The van der Waals surface area contributed by atoms with Gasteiger partial charge in [-0.1, -0.05) is 0 Å². The molecule has 0 aliphatic heterocycles. The minimum Gasteiger partial charge on any atom is -0.487 e. The van der Waals surface area contributed by atoms with Gasteiger partial charge in [-0.3, -0.25) is 0 Å². The second-order valence-electron chi connectivity index (χ2n) is 4.30. The molecule has 1 aromatic carbocycles. The summed E-state index contributed by atoms with van der Waals surface area (Å²) in [5.41, 5.74) is 0. The first-order chi connectivity index (χ1) is 7.69. The molecule has 0 radical (unpaired) electrons. The Balaban J connectivity index is 2.18. The summed E-state index contributed by atoms with van der Waals surface area (Å²) in [5, 5.41) is 0. The number of ether oxygens (including phenoxy) is 2. The van der Waals surface area contributed by atoms with E-state index in [0.29, 0.717) is 6.10 Å². The maximum Gasteiger partial charge on any atom is 0.162 e. The molecule has 0 heterocycles. The molecule has 16 heavy (non-hydrogen) atoms. The molecule has 0 spiro atoms. The van der Waals surface area contributed by atoms with Crippen LogP contribution in [-0.2, 0) is 0 Å². The number of thioether (sulfide) groups is 1. The maximum absolute atomic E-state index is 5.82. The Kier molecular flexibility index (Phi) is 3.64. The van der Waals surface area contributed by atoms with Gasteiger partial charge in [0.15, 0.2) is 11.5 Å². The molecule has 0 amide bonds. The minimum atomic E-state index is 0.179. The molecule has 1 fully saturated rings. The van der Waals surface area contributed by atoms with Gasteiger partial charge in [-0.2, -0.15) is 0 Å². The van der Waals surface area contributed by atoms with Crippen LogP contribution in [0.4, 0.5) is 0 Å². The molecule has 1 aliphatic carbocycles. The van der Waals surface area contributed by atoms with Crippen LogP contribution in [0, 0.1) is 0 Å². The van der Waals surface area contributed by atoms with Gasteiger partial charge in [0.2, 0.25) is 0 Å². The Hall–Kier alpha value is -0.830. The van der Waals surface area contributed by atoms with Gasteiger partial charge in [-0.05, 0) is 51.1 Å². The fraction of sp³-hybridized carbons (Fsp3) is 0.538. The molecule has 0 unspecified atom stereocenters. The topological polar surface area (TPSA) is 18.5 Å². The van der Waals surface area contributed by atoms with E-state index in [9.17, 15) is 0 Å². The second kappa shape index (κ2) is 5.00. The molecule has 3 heteroatoms. The largest absolute Gasteiger partial charge is 0.487 e. The fourth-order valence-corrected chi connectivity index (χ4v) is 1.85. The lowest BCUT2D eigenvalue weighted by Gasteiger charge is -2.15. The van der Waals surface area contributed by atoms with E-state index in [4.69, 9.17) is 9.47 Å². The van der Waals surface area contributed by atoms with E-state index in [-0.39, 0.29) is 6.10 Å². The summed E-state index contributed by atoms with van der Waals surface area (Å²) < 4.78 is 11.6. The van der Waals surface area contributed by atoms with Gasteiger partial charge in [0.05, 0.1) is 12.2 Å². The highest BCUT2D eigenvalue weighted by Crippen LogP contribution is 2.36. The van der Waals surface area contributed by atoms with Crippen LogP contribution in [0.25, 0.3) is 0 Å². The highest BCUT2D eigenvalue weighted by Gasteiger charge is 2.25. The molecule has 0 aromatic heterocycles. The summed E-state index contributed by atoms with van der Waals surface area (Å²) in [5.74, 6) is 1.75. The fourth-order valence-electron chi connectivity index (χ4n) is 1.42. The molecular formula is C13H18O2S. The Morgan fingerprint density at radius 2 is 2.00 bits per heavy atom. The zero-order valence-electron chi connectivity index (χ0n) is 10.0.